The van der Waals surface area contributed by atoms with Gasteiger partial charge >= 0.3 is 0 Å². The Balaban J connectivity index is 1.56. The molecule has 3 aromatic rings. The average Bonchev–Trinajstić information content (AvgIpc) is 2.79. The van der Waals surface area contributed by atoms with Crippen LogP contribution >= 0.6 is 0 Å². The normalized spacial score (nSPS) is 14.2. The number of rotatable bonds is 4. The molecule has 0 radical (unpaired) electrons. The monoisotopic (exact) mass is 422 g/mol. The quantitative estimate of drug-likeness (QED) is 0.605. The molecule has 0 bridgehead atoms. The van der Waals surface area contributed by atoms with Crippen LogP contribution in [0.1, 0.15) is 34.7 Å². The molecule has 8 heteroatoms. The summed E-state index contributed by atoms with van der Waals surface area (Å²) in [5, 5.41) is 5.32. The van der Waals surface area contributed by atoms with Crippen LogP contribution in [0.25, 0.3) is 10.8 Å². The lowest BCUT2D eigenvalue weighted by molar-refractivity contribution is 0.0740. The molecule has 7 nitrogen and oxygen atoms in total. The fourth-order valence-electron chi connectivity index (χ4n) is 3.89. The highest BCUT2D eigenvalue weighted by molar-refractivity contribution is 6.04. The van der Waals surface area contributed by atoms with Gasteiger partial charge < -0.3 is 9.80 Å². The van der Waals surface area contributed by atoms with Crippen molar-refractivity contribution in [3.8, 4) is 0 Å². The average molecular weight is 422 g/mol. The Morgan fingerprint density at radius 3 is 2.32 bits per heavy atom. The van der Waals surface area contributed by atoms with Crippen molar-refractivity contribution in [3.05, 3.63) is 69.9 Å². The van der Waals surface area contributed by atoms with E-state index in [1.807, 2.05) is 11.8 Å². The number of aromatic nitrogens is 2. The number of Topliss-reactive ketones (excluding diaryl/α,β-unsaturated/α-hetero) is 1. The lowest BCUT2D eigenvalue weighted by atomic mass is 10.1. The molecule has 0 aliphatic carbocycles. The third-order valence-corrected chi connectivity index (χ3v) is 5.63. The SMILES string of the molecule is CCn1nc(C(=O)N2CCN(c3ccc(C(C)=O)cc3F)CC2)c2ccccc2c1=O. The van der Waals surface area contributed by atoms with Gasteiger partial charge in [-0.15, -0.1) is 0 Å². The number of benzene rings is 2. The molecule has 1 fully saturated rings. The van der Waals surface area contributed by atoms with E-state index in [0.29, 0.717) is 54.7 Å². The van der Waals surface area contributed by atoms with E-state index in [4.69, 9.17) is 0 Å². The number of halogens is 1. The van der Waals surface area contributed by atoms with Gasteiger partial charge in [-0.05, 0) is 38.1 Å². The molecular formula is C23H23FN4O3. The predicted molar refractivity (Wildman–Crippen MR) is 116 cm³/mol. The van der Waals surface area contributed by atoms with Crippen LogP contribution in [-0.4, -0.2) is 52.5 Å². The highest BCUT2D eigenvalue weighted by Gasteiger charge is 2.27. The van der Waals surface area contributed by atoms with E-state index in [0.717, 1.165) is 0 Å². The first-order chi connectivity index (χ1) is 14.9. The number of aryl methyl sites for hydroxylation is 1. The molecule has 0 saturated carbocycles. The third kappa shape index (κ3) is 3.81. The van der Waals surface area contributed by atoms with E-state index in [1.165, 1.54) is 17.7 Å². The minimum Gasteiger partial charge on any atom is -0.366 e. The number of anilines is 1. The first-order valence-corrected chi connectivity index (χ1v) is 10.2. The number of carbonyl (C=O) groups excluding carboxylic acids is 2. The van der Waals surface area contributed by atoms with Crippen molar-refractivity contribution in [2.45, 2.75) is 20.4 Å². The van der Waals surface area contributed by atoms with Crippen molar-refractivity contribution in [3.63, 3.8) is 0 Å². The third-order valence-electron chi connectivity index (χ3n) is 5.63. The molecule has 0 atom stereocenters. The number of nitrogens with zero attached hydrogens (tertiary/aromatic N) is 4. The van der Waals surface area contributed by atoms with E-state index >= 15 is 0 Å². The smallest absolute Gasteiger partial charge is 0.275 e. The van der Waals surface area contributed by atoms with Gasteiger partial charge in [0.2, 0.25) is 0 Å². The van der Waals surface area contributed by atoms with Gasteiger partial charge in [-0.2, -0.15) is 5.10 Å². The zero-order chi connectivity index (χ0) is 22.1. The summed E-state index contributed by atoms with van der Waals surface area (Å²) in [6.07, 6.45) is 0. The maximum atomic E-state index is 14.5. The summed E-state index contributed by atoms with van der Waals surface area (Å²) in [6, 6.07) is 11.5. The molecule has 31 heavy (non-hydrogen) atoms. The lowest BCUT2D eigenvalue weighted by Gasteiger charge is -2.36. The molecule has 1 aliphatic rings. The molecule has 1 aromatic heterocycles. The Kier molecular flexibility index (Phi) is 5.54. The van der Waals surface area contributed by atoms with E-state index < -0.39 is 5.82 Å². The van der Waals surface area contributed by atoms with Gasteiger partial charge in [0.1, 0.15) is 5.82 Å². The maximum absolute atomic E-state index is 14.5. The molecule has 2 aromatic carbocycles. The van der Waals surface area contributed by atoms with Crippen LogP contribution in [-0.2, 0) is 6.54 Å². The summed E-state index contributed by atoms with van der Waals surface area (Å²) in [4.78, 5) is 40.7. The second kappa shape index (κ2) is 8.29. The standard InChI is InChI=1S/C23H23FN4O3/c1-3-28-22(30)18-7-5-4-6-17(18)21(25-28)23(31)27-12-10-26(11-13-27)20-9-8-16(15(2)29)14-19(20)24/h4-9,14H,3,10-13H2,1-2H3. The first-order valence-electron chi connectivity index (χ1n) is 10.2. The Morgan fingerprint density at radius 2 is 1.71 bits per heavy atom. The second-order valence-corrected chi connectivity index (χ2v) is 7.52. The predicted octanol–water partition coefficient (Wildman–Crippen LogP) is 2.72. The van der Waals surface area contributed by atoms with Crippen molar-refractivity contribution in [2.75, 3.05) is 31.1 Å². The van der Waals surface area contributed by atoms with Crippen molar-refractivity contribution in [1.29, 1.82) is 0 Å². The van der Waals surface area contributed by atoms with E-state index in [1.54, 1.807) is 41.3 Å². The first kappa shape index (κ1) is 20.7. The van der Waals surface area contributed by atoms with Crippen LogP contribution in [0.5, 0.6) is 0 Å². The number of hydrogen-bond acceptors (Lipinski definition) is 5. The van der Waals surface area contributed by atoms with E-state index in [2.05, 4.69) is 5.10 Å². The number of fused-ring (bicyclic) bond motifs is 1. The summed E-state index contributed by atoms with van der Waals surface area (Å²) >= 11 is 0. The van der Waals surface area contributed by atoms with Crippen LogP contribution in [0.2, 0.25) is 0 Å². The maximum Gasteiger partial charge on any atom is 0.275 e. The molecule has 2 heterocycles. The van der Waals surface area contributed by atoms with Gasteiger partial charge in [0.15, 0.2) is 11.5 Å². The molecule has 0 spiro atoms. The molecule has 1 saturated heterocycles. The molecule has 1 amide bonds. The van der Waals surface area contributed by atoms with Crippen LogP contribution in [0.4, 0.5) is 10.1 Å². The summed E-state index contributed by atoms with van der Waals surface area (Å²) in [5.41, 5.74) is 0.783. The second-order valence-electron chi connectivity index (χ2n) is 7.52. The lowest BCUT2D eigenvalue weighted by Crippen LogP contribution is -2.49. The number of carbonyl (C=O) groups is 2. The fourth-order valence-corrected chi connectivity index (χ4v) is 3.89. The molecule has 4 rings (SSSR count). The molecular weight excluding hydrogens is 399 g/mol. The Labute approximate surface area is 178 Å². The molecule has 1 aliphatic heterocycles. The van der Waals surface area contributed by atoms with Gasteiger partial charge in [-0.25, -0.2) is 9.07 Å². The molecule has 160 valence electrons. The highest BCUT2D eigenvalue weighted by atomic mass is 19.1. The van der Waals surface area contributed by atoms with Crippen molar-refractivity contribution < 1.29 is 14.0 Å². The zero-order valence-electron chi connectivity index (χ0n) is 17.5. The van der Waals surface area contributed by atoms with Gasteiger partial charge in [-0.3, -0.25) is 14.4 Å². The number of amides is 1. The highest BCUT2D eigenvalue weighted by Crippen LogP contribution is 2.23. The topological polar surface area (TPSA) is 75.5 Å². The fraction of sp³-hybridized carbons (Fsp3) is 0.304. The summed E-state index contributed by atoms with van der Waals surface area (Å²) in [6.45, 7) is 5.27. The number of ketones is 1. The van der Waals surface area contributed by atoms with Crippen LogP contribution in [0, 0.1) is 5.82 Å². The van der Waals surface area contributed by atoms with Gasteiger partial charge in [0.25, 0.3) is 11.5 Å². The zero-order valence-corrected chi connectivity index (χ0v) is 17.5. The van der Waals surface area contributed by atoms with Crippen LogP contribution in [0.15, 0.2) is 47.3 Å². The van der Waals surface area contributed by atoms with E-state index in [-0.39, 0.29) is 22.9 Å². The summed E-state index contributed by atoms with van der Waals surface area (Å²) in [5.74, 6) is -0.880. The van der Waals surface area contributed by atoms with Crippen molar-refractivity contribution in [2.24, 2.45) is 0 Å². The Hall–Kier alpha value is -3.55. The molecule has 0 unspecified atom stereocenters. The number of piperazine rings is 1. The van der Waals surface area contributed by atoms with Gasteiger partial charge in [0.05, 0.1) is 11.1 Å². The van der Waals surface area contributed by atoms with E-state index in [9.17, 15) is 18.8 Å². The summed E-state index contributed by atoms with van der Waals surface area (Å²) < 4.78 is 15.8. The largest absolute Gasteiger partial charge is 0.366 e. The van der Waals surface area contributed by atoms with Crippen molar-refractivity contribution >= 4 is 28.2 Å². The van der Waals surface area contributed by atoms with Crippen LogP contribution in [0.3, 0.4) is 0 Å². The Morgan fingerprint density at radius 1 is 1.03 bits per heavy atom. The van der Waals surface area contributed by atoms with Crippen molar-refractivity contribution in [1.82, 2.24) is 14.7 Å². The van der Waals surface area contributed by atoms with Gasteiger partial charge in [-0.1, -0.05) is 18.2 Å². The van der Waals surface area contributed by atoms with Gasteiger partial charge in [0, 0.05) is 43.7 Å². The van der Waals surface area contributed by atoms with Crippen LogP contribution < -0.4 is 10.5 Å². The minimum atomic E-state index is -0.449. The molecule has 0 N–H and O–H groups in total. The minimum absolute atomic E-state index is 0.186. The Bertz CT molecular complexity index is 1230. The summed E-state index contributed by atoms with van der Waals surface area (Å²) in [7, 11) is 0. The number of hydrogen-bond donors (Lipinski definition) is 0.